The van der Waals surface area contributed by atoms with Crippen LogP contribution >= 0.6 is 11.6 Å². The van der Waals surface area contributed by atoms with Crippen molar-refractivity contribution in [2.45, 2.75) is 46.6 Å². The molecule has 1 aromatic rings. The fourth-order valence-corrected chi connectivity index (χ4v) is 4.64. The number of ether oxygens (including phenoxy) is 1. The quantitative estimate of drug-likeness (QED) is 0.904. The van der Waals surface area contributed by atoms with Gasteiger partial charge in [-0.2, -0.15) is 0 Å². The Balaban J connectivity index is 1.87. The number of hydrogen-bond donors (Lipinski definition) is 1. The van der Waals surface area contributed by atoms with Crippen LogP contribution in [0.1, 0.15) is 38.8 Å². The van der Waals surface area contributed by atoms with Crippen molar-refractivity contribution in [1.29, 1.82) is 0 Å². The third-order valence-corrected chi connectivity index (χ3v) is 6.39. The van der Waals surface area contributed by atoms with Crippen LogP contribution in [0.3, 0.4) is 0 Å². The highest BCUT2D eigenvalue weighted by Crippen LogP contribution is 2.69. The lowest BCUT2D eigenvalue weighted by atomic mass is 9.95. The minimum absolute atomic E-state index is 0.378. The first-order valence-electron chi connectivity index (χ1n) is 7.90. The van der Waals surface area contributed by atoms with Gasteiger partial charge < -0.3 is 10.1 Å². The number of nitrogens with one attached hydrogen (secondary N) is 1. The molecule has 1 heterocycles. The molecule has 1 aromatic carbocycles. The summed E-state index contributed by atoms with van der Waals surface area (Å²) in [6, 6.07) is 4.59. The highest BCUT2D eigenvalue weighted by Gasteiger charge is 2.66. The van der Waals surface area contributed by atoms with Gasteiger partial charge in [0.05, 0.1) is 6.61 Å². The van der Waals surface area contributed by atoms with Gasteiger partial charge in [-0.05, 0) is 53.5 Å². The molecule has 1 aliphatic carbocycles. The van der Waals surface area contributed by atoms with Crippen molar-refractivity contribution in [2.24, 2.45) is 16.7 Å². The molecule has 1 fully saturated rings. The van der Waals surface area contributed by atoms with Crippen LogP contribution in [0.5, 0.6) is 5.75 Å². The molecule has 1 N–H and O–H groups in total. The minimum atomic E-state index is 0.378. The highest BCUT2D eigenvalue weighted by atomic mass is 35.5. The fourth-order valence-electron chi connectivity index (χ4n) is 4.37. The Morgan fingerprint density at radius 1 is 1.29 bits per heavy atom. The van der Waals surface area contributed by atoms with Crippen LogP contribution in [-0.4, -0.2) is 19.7 Å². The smallest absolute Gasteiger partial charge is 0.125 e. The third kappa shape index (κ3) is 2.27. The number of fused-ring (bicyclic) bond motifs is 1. The van der Waals surface area contributed by atoms with Gasteiger partial charge in [-0.15, -0.1) is 0 Å². The molecule has 1 unspecified atom stereocenters. The van der Waals surface area contributed by atoms with Gasteiger partial charge in [0, 0.05) is 17.5 Å². The van der Waals surface area contributed by atoms with Crippen LogP contribution < -0.4 is 10.1 Å². The first kappa shape index (κ1) is 15.2. The second kappa shape index (κ2) is 4.89. The topological polar surface area (TPSA) is 21.3 Å². The van der Waals surface area contributed by atoms with E-state index in [0.717, 1.165) is 30.2 Å². The maximum absolute atomic E-state index is 6.29. The maximum Gasteiger partial charge on any atom is 0.125 e. The Hall–Kier alpha value is -0.730. The van der Waals surface area contributed by atoms with Crippen molar-refractivity contribution in [3.63, 3.8) is 0 Å². The van der Waals surface area contributed by atoms with Crippen molar-refractivity contribution in [1.82, 2.24) is 5.32 Å². The van der Waals surface area contributed by atoms with Crippen LogP contribution in [0.15, 0.2) is 12.1 Å². The lowest BCUT2D eigenvalue weighted by Gasteiger charge is -2.20. The molecule has 0 radical (unpaired) electrons. The summed E-state index contributed by atoms with van der Waals surface area (Å²) in [4.78, 5) is 0. The van der Waals surface area contributed by atoms with Crippen LogP contribution in [-0.2, 0) is 12.8 Å². The first-order chi connectivity index (χ1) is 9.79. The van der Waals surface area contributed by atoms with Gasteiger partial charge in [0.1, 0.15) is 5.75 Å². The summed E-state index contributed by atoms with van der Waals surface area (Å²) in [7, 11) is 2.07. The van der Waals surface area contributed by atoms with E-state index in [2.05, 4.69) is 46.1 Å². The van der Waals surface area contributed by atoms with E-state index in [0.29, 0.717) is 22.8 Å². The second-order valence-electron chi connectivity index (χ2n) is 7.67. The van der Waals surface area contributed by atoms with Crippen molar-refractivity contribution in [3.05, 3.63) is 28.3 Å². The summed E-state index contributed by atoms with van der Waals surface area (Å²) >= 11 is 6.29. The number of halogens is 1. The molecular formula is C18H26ClNO. The van der Waals surface area contributed by atoms with E-state index < -0.39 is 0 Å². The van der Waals surface area contributed by atoms with Crippen molar-refractivity contribution in [3.8, 4) is 5.75 Å². The normalized spacial score (nSPS) is 23.5. The average Bonchev–Trinajstić information content (AvgIpc) is 2.75. The van der Waals surface area contributed by atoms with E-state index in [1.54, 1.807) is 0 Å². The zero-order valence-corrected chi connectivity index (χ0v) is 14.5. The van der Waals surface area contributed by atoms with Crippen molar-refractivity contribution < 1.29 is 4.74 Å². The van der Waals surface area contributed by atoms with Gasteiger partial charge in [0.25, 0.3) is 0 Å². The third-order valence-electron chi connectivity index (χ3n) is 6.17. The summed E-state index contributed by atoms with van der Waals surface area (Å²) in [5, 5.41) is 4.37. The van der Waals surface area contributed by atoms with Crippen LogP contribution in [0.25, 0.3) is 0 Å². The number of likely N-dealkylation sites (N-methyl/N-ethyl adjacent to an activating group) is 1. The Morgan fingerprint density at radius 2 is 1.95 bits per heavy atom. The predicted molar refractivity (Wildman–Crippen MR) is 88.3 cm³/mol. The largest absolute Gasteiger partial charge is 0.493 e. The molecular weight excluding hydrogens is 282 g/mol. The molecule has 3 heteroatoms. The molecule has 3 rings (SSSR count). The van der Waals surface area contributed by atoms with Crippen molar-refractivity contribution >= 4 is 11.6 Å². The Morgan fingerprint density at radius 3 is 2.52 bits per heavy atom. The zero-order valence-electron chi connectivity index (χ0n) is 13.7. The van der Waals surface area contributed by atoms with Gasteiger partial charge in [0.2, 0.25) is 0 Å². The van der Waals surface area contributed by atoms with Gasteiger partial charge >= 0.3 is 0 Å². The van der Waals surface area contributed by atoms with E-state index in [4.69, 9.17) is 16.3 Å². The summed E-state index contributed by atoms with van der Waals surface area (Å²) in [5.41, 5.74) is 3.28. The predicted octanol–water partition coefficient (Wildman–Crippen LogP) is 4.09. The molecule has 2 aliphatic rings. The Kier molecular flexibility index (Phi) is 3.53. The number of hydrogen-bond acceptors (Lipinski definition) is 2. The van der Waals surface area contributed by atoms with Crippen LogP contribution in [0.4, 0.5) is 0 Å². The molecule has 0 aromatic heterocycles. The fraction of sp³-hybridized carbons (Fsp3) is 0.667. The van der Waals surface area contributed by atoms with Gasteiger partial charge in [-0.3, -0.25) is 0 Å². The van der Waals surface area contributed by atoms with E-state index >= 15 is 0 Å². The minimum Gasteiger partial charge on any atom is -0.493 e. The van der Waals surface area contributed by atoms with Gasteiger partial charge in [-0.1, -0.05) is 39.3 Å². The maximum atomic E-state index is 6.29. The molecule has 1 atom stereocenters. The lowest BCUT2D eigenvalue weighted by molar-refractivity contribution is 0.348. The number of rotatable bonds is 4. The highest BCUT2D eigenvalue weighted by molar-refractivity contribution is 6.30. The summed E-state index contributed by atoms with van der Waals surface area (Å²) in [6.45, 7) is 10.3. The van der Waals surface area contributed by atoms with E-state index in [-0.39, 0.29) is 0 Å². The van der Waals surface area contributed by atoms with Crippen molar-refractivity contribution in [2.75, 3.05) is 13.7 Å². The van der Waals surface area contributed by atoms with Gasteiger partial charge in [-0.25, -0.2) is 0 Å². The zero-order chi connectivity index (χ0) is 15.4. The Labute approximate surface area is 133 Å². The summed E-state index contributed by atoms with van der Waals surface area (Å²) in [5.74, 6) is 1.75. The molecule has 0 saturated heterocycles. The molecule has 0 spiro atoms. The summed E-state index contributed by atoms with van der Waals surface area (Å²) < 4.78 is 5.85. The van der Waals surface area contributed by atoms with E-state index in [1.165, 1.54) is 11.1 Å². The molecule has 0 bridgehead atoms. The van der Waals surface area contributed by atoms with Gasteiger partial charge in [0.15, 0.2) is 0 Å². The van der Waals surface area contributed by atoms with E-state index in [1.807, 2.05) is 6.07 Å². The molecule has 21 heavy (non-hydrogen) atoms. The standard InChI is InChI=1S/C18H26ClNO/c1-17(2)16(18(17,3)4)14(20-5)10-12-9-13(19)8-11-6-7-21-15(11)12/h8-9,14,16,20H,6-7,10H2,1-5H3. The van der Waals surface area contributed by atoms with Crippen LogP contribution in [0.2, 0.25) is 5.02 Å². The Bertz CT molecular complexity index is 551. The van der Waals surface area contributed by atoms with Crippen LogP contribution in [0, 0.1) is 16.7 Å². The van der Waals surface area contributed by atoms with E-state index in [9.17, 15) is 0 Å². The molecule has 1 aliphatic heterocycles. The summed E-state index contributed by atoms with van der Waals surface area (Å²) in [6.07, 6.45) is 1.96. The molecule has 2 nitrogen and oxygen atoms in total. The molecule has 1 saturated carbocycles. The second-order valence-corrected chi connectivity index (χ2v) is 8.11. The monoisotopic (exact) mass is 307 g/mol. The molecule has 0 amide bonds. The first-order valence-corrected chi connectivity index (χ1v) is 8.28. The average molecular weight is 308 g/mol. The lowest BCUT2D eigenvalue weighted by Crippen LogP contribution is -2.32. The molecule has 116 valence electrons. The number of benzene rings is 1. The SMILES string of the molecule is CNC(Cc1cc(Cl)cc2c1OCC2)C1C(C)(C)C1(C)C.